The Morgan fingerprint density at radius 3 is 2.40 bits per heavy atom. The maximum Gasteiger partial charge on any atom is 0.256 e. The number of hydrogen-bond donors (Lipinski definition) is 1. The summed E-state index contributed by atoms with van der Waals surface area (Å²) in [5, 5.41) is 1.35. The van der Waals surface area contributed by atoms with Gasteiger partial charge in [-0.15, -0.1) is 0 Å². The molecule has 0 aromatic heterocycles. The third-order valence-corrected chi connectivity index (χ3v) is 2.75. The molecule has 5 heteroatoms. The van der Waals surface area contributed by atoms with Crippen molar-refractivity contribution in [3.63, 3.8) is 0 Å². The number of carbonyl (C=O) groups is 1. The van der Waals surface area contributed by atoms with E-state index in [2.05, 4.69) is 5.43 Å². The van der Waals surface area contributed by atoms with E-state index in [1.807, 2.05) is 0 Å². The van der Waals surface area contributed by atoms with Crippen molar-refractivity contribution in [2.45, 2.75) is 33.2 Å². The first-order valence-corrected chi connectivity index (χ1v) is 5.04. The van der Waals surface area contributed by atoms with Gasteiger partial charge >= 0.3 is 0 Å². The van der Waals surface area contributed by atoms with E-state index < -0.39 is 23.8 Å². The molecule has 0 spiro atoms. The second-order valence-corrected chi connectivity index (χ2v) is 5.02. The third kappa shape index (κ3) is 2.52. The van der Waals surface area contributed by atoms with Crippen LogP contribution in [0.15, 0.2) is 0 Å². The predicted octanol–water partition coefficient (Wildman–Crippen LogP) is 1.30. The molecule has 0 saturated carbocycles. The normalized spacial score (nSPS) is 28.7. The van der Waals surface area contributed by atoms with Crippen molar-refractivity contribution < 1.29 is 13.6 Å². The number of nitrogens with one attached hydrogen (secondary N) is 1. The first kappa shape index (κ1) is 12.5. The number of nitrogens with zero attached hydrogens (tertiary/aromatic N) is 1. The molecule has 0 aromatic rings. The van der Waals surface area contributed by atoms with Gasteiger partial charge < -0.3 is 0 Å². The molecule has 0 radical (unpaired) electrons. The highest BCUT2D eigenvalue weighted by Gasteiger charge is 2.45. The molecule has 3 nitrogen and oxygen atoms in total. The summed E-state index contributed by atoms with van der Waals surface area (Å²) < 4.78 is 25.5. The van der Waals surface area contributed by atoms with Gasteiger partial charge in [-0.25, -0.2) is 13.8 Å². The summed E-state index contributed by atoms with van der Waals surface area (Å²) in [4.78, 5) is 11.9. The van der Waals surface area contributed by atoms with E-state index in [-0.39, 0.29) is 5.78 Å². The molecule has 0 bridgehead atoms. The fourth-order valence-corrected chi connectivity index (χ4v) is 1.89. The van der Waals surface area contributed by atoms with Crippen LogP contribution < -0.4 is 5.43 Å². The highest BCUT2D eigenvalue weighted by atomic mass is 19.3. The summed E-state index contributed by atoms with van der Waals surface area (Å²) in [6.45, 7) is 5.59. The van der Waals surface area contributed by atoms with Crippen molar-refractivity contribution in [3.8, 4) is 0 Å². The van der Waals surface area contributed by atoms with E-state index >= 15 is 0 Å². The van der Waals surface area contributed by atoms with Crippen LogP contribution in [0, 0.1) is 11.3 Å². The van der Waals surface area contributed by atoms with E-state index in [0.717, 1.165) is 0 Å². The molecule has 1 aliphatic rings. The van der Waals surface area contributed by atoms with Gasteiger partial charge in [-0.1, -0.05) is 20.8 Å². The second kappa shape index (κ2) is 4.14. The number of alkyl halides is 2. The lowest BCUT2D eigenvalue weighted by molar-refractivity contribution is -0.132. The molecular weight excluding hydrogens is 202 g/mol. The molecule has 1 N–H and O–H groups in total. The van der Waals surface area contributed by atoms with E-state index in [9.17, 15) is 13.6 Å². The molecule has 0 amide bonds. The summed E-state index contributed by atoms with van der Waals surface area (Å²) in [6, 6.07) is -1.00. The summed E-state index contributed by atoms with van der Waals surface area (Å²) in [5.41, 5.74) is 2.22. The Morgan fingerprint density at radius 2 is 2.00 bits per heavy atom. The third-order valence-electron chi connectivity index (χ3n) is 2.75. The maximum absolute atomic E-state index is 12.8. The van der Waals surface area contributed by atoms with Gasteiger partial charge in [-0.3, -0.25) is 10.2 Å². The highest BCUT2D eigenvalue weighted by Crippen LogP contribution is 2.29. The quantitative estimate of drug-likeness (QED) is 0.761. The largest absolute Gasteiger partial charge is 0.299 e. The molecule has 1 fully saturated rings. The number of hydrogen-bond acceptors (Lipinski definition) is 3. The van der Waals surface area contributed by atoms with Gasteiger partial charge in [0.15, 0.2) is 0 Å². The van der Waals surface area contributed by atoms with Crippen LogP contribution in [-0.2, 0) is 4.79 Å². The van der Waals surface area contributed by atoms with Gasteiger partial charge in [0.25, 0.3) is 6.43 Å². The van der Waals surface area contributed by atoms with E-state index in [1.165, 1.54) is 5.01 Å². The number of rotatable bonds is 2. The molecule has 1 aliphatic heterocycles. The Morgan fingerprint density at radius 1 is 1.47 bits per heavy atom. The molecular formula is C10H18F2N2O. The maximum atomic E-state index is 12.8. The van der Waals surface area contributed by atoms with Crippen molar-refractivity contribution in [1.82, 2.24) is 10.4 Å². The molecule has 1 saturated heterocycles. The van der Waals surface area contributed by atoms with Crippen LogP contribution >= 0.6 is 0 Å². The Balaban J connectivity index is 2.82. The number of halogens is 2. The van der Waals surface area contributed by atoms with Crippen LogP contribution in [-0.4, -0.2) is 36.9 Å². The van der Waals surface area contributed by atoms with Gasteiger partial charge in [0, 0.05) is 19.0 Å². The molecule has 2 unspecified atom stereocenters. The van der Waals surface area contributed by atoms with Crippen molar-refractivity contribution in [2.24, 2.45) is 11.3 Å². The second-order valence-electron chi connectivity index (χ2n) is 5.02. The van der Waals surface area contributed by atoms with Crippen molar-refractivity contribution in [2.75, 3.05) is 13.6 Å². The smallest absolute Gasteiger partial charge is 0.256 e. The number of Topliss-reactive ketones (excluding diaryl/α,β-unsaturated/α-hetero) is 1. The van der Waals surface area contributed by atoms with Gasteiger partial charge in [0.2, 0.25) is 0 Å². The van der Waals surface area contributed by atoms with Crippen LogP contribution in [0.5, 0.6) is 0 Å². The first-order valence-electron chi connectivity index (χ1n) is 5.04. The molecule has 88 valence electrons. The molecule has 2 atom stereocenters. The van der Waals surface area contributed by atoms with Crippen LogP contribution in [0.4, 0.5) is 8.78 Å². The van der Waals surface area contributed by atoms with Crippen molar-refractivity contribution in [3.05, 3.63) is 0 Å². The van der Waals surface area contributed by atoms with Crippen LogP contribution in [0.2, 0.25) is 0 Å². The van der Waals surface area contributed by atoms with Gasteiger partial charge in [-0.2, -0.15) is 0 Å². The average Bonchev–Trinajstić information content (AvgIpc) is 2.43. The van der Waals surface area contributed by atoms with E-state index in [4.69, 9.17) is 0 Å². The zero-order valence-corrected chi connectivity index (χ0v) is 9.55. The SMILES string of the molecule is CN1NCC(C(=O)C(C)(C)C)C1C(F)F. The van der Waals surface area contributed by atoms with Crippen molar-refractivity contribution in [1.29, 1.82) is 0 Å². The fraction of sp³-hybridized carbons (Fsp3) is 0.900. The minimum Gasteiger partial charge on any atom is -0.299 e. The summed E-state index contributed by atoms with van der Waals surface area (Å²) >= 11 is 0. The molecule has 0 aliphatic carbocycles. The minimum absolute atomic E-state index is 0.107. The van der Waals surface area contributed by atoms with Crippen LogP contribution in [0.3, 0.4) is 0 Å². The molecule has 1 rings (SSSR count). The minimum atomic E-state index is -2.50. The van der Waals surface area contributed by atoms with E-state index in [1.54, 1.807) is 27.8 Å². The zero-order valence-electron chi connectivity index (χ0n) is 9.55. The lowest BCUT2D eigenvalue weighted by atomic mass is 9.80. The van der Waals surface area contributed by atoms with Gasteiger partial charge in [0.05, 0.1) is 12.0 Å². The number of hydrazine groups is 1. The van der Waals surface area contributed by atoms with Crippen LogP contribution in [0.1, 0.15) is 20.8 Å². The van der Waals surface area contributed by atoms with Gasteiger partial charge in [0.1, 0.15) is 5.78 Å². The summed E-state index contributed by atoms with van der Waals surface area (Å²) in [7, 11) is 1.55. The molecule has 0 aromatic carbocycles. The lowest BCUT2D eigenvalue weighted by Gasteiger charge is -2.26. The number of carbonyl (C=O) groups excluding carboxylic acids is 1. The predicted molar refractivity (Wildman–Crippen MR) is 53.5 cm³/mol. The summed E-state index contributed by atoms with van der Waals surface area (Å²) in [5.74, 6) is -0.723. The fourth-order valence-electron chi connectivity index (χ4n) is 1.89. The number of ketones is 1. The topological polar surface area (TPSA) is 32.3 Å². The molecule has 15 heavy (non-hydrogen) atoms. The first-order chi connectivity index (χ1) is 6.75. The van der Waals surface area contributed by atoms with E-state index in [0.29, 0.717) is 6.54 Å². The Bertz CT molecular complexity index is 250. The Kier molecular flexibility index (Phi) is 3.45. The standard InChI is InChI=1S/C10H18F2N2O/c1-10(2,3)8(15)6-5-13-14(4)7(6)9(11)12/h6-7,9,13H,5H2,1-4H3. The monoisotopic (exact) mass is 220 g/mol. The Labute approximate surface area is 88.8 Å². The summed E-state index contributed by atoms with van der Waals surface area (Å²) in [6.07, 6.45) is -2.50. The average molecular weight is 220 g/mol. The highest BCUT2D eigenvalue weighted by molar-refractivity contribution is 5.87. The van der Waals surface area contributed by atoms with Gasteiger partial charge in [-0.05, 0) is 0 Å². The van der Waals surface area contributed by atoms with Crippen molar-refractivity contribution >= 4 is 5.78 Å². The lowest BCUT2D eigenvalue weighted by Crippen LogP contribution is -2.43. The van der Waals surface area contributed by atoms with Crippen LogP contribution in [0.25, 0.3) is 0 Å². The Hall–Kier alpha value is -0.550. The zero-order chi connectivity index (χ0) is 11.8. The molecule has 1 heterocycles.